The molecule has 0 amide bonds. The van der Waals surface area contributed by atoms with E-state index in [-0.39, 0.29) is 29.9 Å². The number of carbonyl (C=O) groups is 1. The first kappa shape index (κ1) is 23.5. The average molecular weight is 497 g/mol. The van der Waals surface area contributed by atoms with Crippen LogP contribution in [0, 0.1) is 19.7 Å². The minimum Gasteiger partial charge on any atom is -0.508 e. The molecule has 0 radical (unpaired) electrons. The van der Waals surface area contributed by atoms with E-state index in [0.717, 1.165) is 33.4 Å². The summed E-state index contributed by atoms with van der Waals surface area (Å²) >= 11 is 6.57. The van der Waals surface area contributed by atoms with E-state index in [0.29, 0.717) is 41.5 Å². The topological polar surface area (TPSA) is 65.0 Å². The molecule has 0 aromatic heterocycles. The summed E-state index contributed by atoms with van der Waals surface area (Å²) < 4.78 is 32.0. The van der Waals surface area contributed by atoms with Gasteiger partial charge in [-0.2, -0.15) is 0 Å². The van der Waals surface area contributed by atoms with Crippen LogP contribution in [0.5, 0.6) is 17.2 Å². The van der Waals surface area contributed by atoms with Gasteiger partial charge in [0.1, 0.15) is 29.2 Å². The van der Waals surface area contributed by atoms with E-state index in [1.807, 2.05) is 26.0 Å². The molecule has 3 aromatic carbocycles. The van der Waals surface area contributed by atoms with Crippen molar-refractivity contribution >= 4 is 17.6 Å². The highest BCUT2D eigenvalue weighted by Gasteiger charge is 2.33. The van der Waals surface area contributed by atoms with Crippen molar-refractivity contribution in [1.82, 2.24) is 0 Å². The van der Waals surface area contributed by atoms with Crippen molar-refractivity contribution in [3.63, 3.8) is 0 Å². The molecule has 3 aromatic rings. The van der Waals surface area contributed by atoms with Gasteiger partial charge in [-0.05, 0) is 73.2 Å². The second-order valence-electron chi connectivity index (χ2n) is 9.19. The van der Waals surface area contributed by atoms with E-state index in [9.17, 15) is 9.90 Å². The number of halogens is 2. The summed E-state index contributed by atoms with van der Waals surface area (Å²) in [5.41, 5.74) is 5.75. The highest BCUT2D eigenvalue weighted by molar-refractivity contribution is 6.33. The van der Waals surface area contributed by atoms with Crippen molar-refractivity contribution in [1.29, 1.82) is 0 Å². The van der Waals surface area contributed by atoms with Crippen LogP contribution in [-0.2, 0) is 16.0 Å². The zero-order valence-electron chi connectivity index (χ0n) is 19.8. The predicted molar refractivity (Wildman–Crippen MR) is 131 cm³/mol. The molecular weight excluding hydrogens is 471 g/mol. The number of carbonyl (C=O) groups excluding carboxylic acids is 1. The lowest BCUT2D eigenvalue weighted by atomic mass is 9.90. The standard InChI is InChI=1S/C28H26ClFO5/c1-14-8-17(31)9-15(2)26(14)27-20-6-7-23(28(20)22(30)12-21(27)29)35-18-4-5-19-16(10-25(32)33-3)13-34-24(19)11-18/h4-5,8-9,11-12,16,23,31H,6-7,10,13H2,1-3H3. The third kappa shape index (κ3) is 4.20. The number of phenolic OH excluding ortho intramolecular Hbond substituents is 1. The number of hydrogen-bond donors (Lipinski definition) is 1. The van der Waals surface area contributed by atoms with Crippen LogP contribution < -0.4 is 9.47 Å². The summed E-state index contributed by atoms with van der Waals surface area (Å²) in [5, 5.41) is 10.3. The first-order valence-electron chi connectivity index (χ1n) is 11.6. The highest BCUT2D eigenvalue weighted by atomic mass is 35.5. The molecule has 0 saturated carbocycles. The first-order valence-corrected chi connectivity index (χ1v) is 12.0. The molecule has 0 bridgehead atoms. The van der Waals surface area contributed by atoms with E-state index in [1.165, 1.54) is 13.2 Å². The van der Waals surface area contributed by atoms with Crippen molar-refractivity contribution in [3.8, 4) is 28.4 Å². The number of aromatic hydroxyl groups is 1. The van der Waals surface area contributed by atoms with Gasteiger partial charge in [0.2, 0.25) is 0 Å². The molecule has 1 aliphatic heterocycles. The van der Waals surface area contributed by atoms with E-state index in [1.54, 1.807) is 18.2 Å². The SMILES string of the molecule is COC(=O)CC1COc2cc(OC3CCc4c(-c5c(C)cc(O)cc5C)c(Cl)cc(F)c43)ccc21. The molecule has 0 fully saturated rings. The number of ether oxygens (including phenoxy) is 3. The van der Waals surface area contributed by atoms with Crippen LogP contribution >= 0.6 is 11.6 Å². The van der Waals surface area contributed by atoms with E-state index < -0.39 is 6.10 Å². The minimum atomic E-state index is -0.468. The Kier molecular flexibility index (Phi) is 6.09. The molecule has 2 aliphatic rings. The molecule has 2 atom stereocenters. The Hall–Kier alpha value is -3.25. The van der Waals surface area contributed by atoms with Crippen molar-refractivity contribution in [2.24, 2.45) is 0 Å². The lowest BCUT2D eigenvalue weighted by molar-refractivity contribution is -0.141. The summed E-state index contributed by atoms with van der Waals surface area (Å²) in [6, 6.07) is 10.3. The number of hydrogen-bond acceptors (Lipinski definition) is 5. The largest absolute Gasteiger partial charge is 0.508 e. The van der Waals surface area contributed by atoms with Crippen molar-refractivity contribution in [3.05, 3.63) is 75.1 Å². The lowest BCUT2D eigenvalue weighted by Crippen LogP contribution is -2.09. The molecule has 1 aliphatic carbocycles. The number of fused-ring (bicyclic) bond motifs is 2. The molecular formula is C28H26ClFO5. The Bertz CT molecular complexity index is 1310. The molecule has 1 heterocycles. The van der Waals surface area contributed by atoms with Crippen LogP contribution in [0.15, 0.2) is 36.4 Å². The fraction of sp³-hybridized carbons (Fsp3) is 0.321. The van der Waals surface area contributed by atoms with Gasteiger partial charge in [0.05, 0.1) is 25.2 Å². The smallest absolute Gasteiger partial charge is 0.306 e. The summed E-state index contributed by atoms with van der Waals surface area (Å²) in [7, 11) is 1.37. The van der Waals surface area contributed by atoms with E-state index in [4.69, 9.17) is 25.8 Å². The van der Waals surface area contributed by atoms with Crippen LogP contribution in [0.2, 0.25) is 5.02 Å². The third-order valence-corrected chi connectivity index (χ3v) is 7.20. The van der Waals surface area contributed by atoms with Crippen LogP contribution in [0.3, 0.4) is 0 Å². The lowest BCUT2D eigenvalue weighted by Gasteiger charge is -2.20. The van der Waals surface area contributed by atoms with Gasteiger partial charge < -0.3 is 19.3 Å². The minimum absolute atomic E-state index is 0.0577. The Morgan fingerprint density at radius 3 is 2.63 bits per heavy atom. The van der Waals surface area contributed by atoms with Gasteiger partial charge in [-0.3, -0.25) is 4.79 Å². The van der Waals surface area contributed by atoms with Gasteiger partial charge in [-0.1, -0.05) is 17.7 Å². The van der Waals surface area contributed by atoms with Gasteiger partial charge in [0, 0.05) is 28.7 Å². The fourth-order valence-electron chi connectivity index (χ4n) is 5.38. The van der Waals surface area contributed by atoms with Crippen molar-refractivity contribution in [2.75, 3.05) is 13.7 Å². The number of aryl methyl sites for hydroxylation is 2. The van der Waals surface area contributed by atoms with Crippen LogP contribution in [0.1, 0.15) is 52.7 Å². The van der Waals surface area contributed by atoms with Crippen LogP contribution in [0.25, 0.3) is 11.1 Å². The maximum absolute atomic E-state index is 15.2. The zero-order valence-corrected chi connectivity index (χ0v) is 20.5. The summed E-state index contributed by atoms with van der Waals surface area (Å²) in [6.45, 7) is 4.23. The molecule has 0 saturated heterocycles. The van der Waals surface area contributed by atoms with Crippen molar-refractivity contribution in [2.45, 2.75) is 45.1 Å². The normalized spacial score (nSPS) is 18.1. The quantitative estimate of drug-likeness (QED) is 0.404. The average Bonchev–Trinajstić information content (AvgIpc) is 3.39. The van der Waals surface area contributed by atoms with Crippen LogP contribution in [-0.4, -0.2) is 24.8 Å². The highest BCUT2D eigenvalue weighted by Crippen LogP contribution is 2.47. The second-order valence-corrected chi connectivity index (χ2v) is 9.60. The second kappa shape index (κ2) is 9.08. The van der Waals surface area contributed by atoms with Gasteiger partial charge in [-0.15, -0.1) is 0 Å². The Balaban J connectivity index is 1.47. The Labute approximate surface area is 208 Å². The number of benzene rings is 3. The Morgan fingerprint density at radius 2 is 1.91 bits per heavy atom. The maximum atomic E-state index is 15.2. The maximum Gasteiger partial charge on any atom is 0.306 e. The van der Waals surface area contributed by atoms with Gasteiger partial charge in [-0.25, -0.2) is 4.39 Å². The number of esters is 1. The number of rotatable bonds is 5. The molecule has 5 rings (SSSR count). The zero-order chi connectivity index (χ0) is 24.9. The van der Waals surface area contributed by atoms with Gasteiger partial charge >= 0.3 is 5.97 Å². The van der Waals surface area contributed by atoms with Gasteiger partial charge in [0.25, 0.3) is 0 Å². The molecule has 182 valence electrons. The summed E-state index contributed by atoms with van der Waals surface area (Å²) in [4.78, 5) is 11.7. The molecule has 1 N–H and O–H groups in total. The number of phenols is 1. The van der Waals surface area contributed by atoms with Gasteiger partial charge in [0.15, 0.2) is 0 Å². The first-order chi connectivity index (χ1) is 16.8. The van der Waals surface area contributed by atoms with Crippen LogP contribution in [0.4, 0.5) is 4.39 Å². The fourth-order valence-corrected chi connectivity index (χ4v) is 5.69. The summed E-state index contributed by atoms with van der Waals surface area (Å²) in [6.07, 6.45) is 1.02. The molecule has 35 heavy (non-hydrogen) atoms. The molecule has 5 nitrogen and oxygen atoms in total. The third-order valence-electron chi connectivity index (χ3n) is 6.91. The number of methoxy groups -OCH3 is 1. The van der Waals surface area contributed by atoms with Crippen molar-refractivity contribution < 1.29 is 28.5 Å². The summed E-state index contributed by atoms with van der Waals surface area (Å²) in [5.74, 6) is 0.708. The monoisotopic (exact) mass is 496 g/mol. The molecule has 7 heteroatoms. The molecule has 0 spiro atoms. The van der Waals surface area contributed by atoms with E-state index >= 15 is 4.39 Å². The molecule has 2 unspecified atom stereocenters. The Morgan fingerprint density at radius 1 is 1.17 bits per heavy atom. The van der Waals surface area contributed by atoms with E-state index in [2.05, 4.69) is 0 Å². The predicted octanol–water partition coefficient (Wildman–Crippen LogP) is 6.57.